The molecule has 1 aliphatic carbocycles. The van der Waals surface area contributed by atoms with Crippen LogP contribution in [0.25, 0.3) is 6.08 Å². The van der Waals surface area contributed by atoms with Gasteiger partial charge in [-0.2, -0.15) is 0 Å². The predicted octanol–water partition coefficient (Wildman–Crippen LogP) is 2.95. The molecule has 2 rings (SSSR count). The van der Waals surface area contributed by atoms with Gasteiger partial charge in [0, 0.05) is 0 Å². The van der Waals surface area contributed by atoms with E-state index >= 15 is 0 Å². The topological polar surface area (TPSA) is 66.5 Å². The fraction of sp³-hybridized carbons (Fsp3) is 0.556. The van der Waals surface area contributed by atoms with Crippen molar-refractivity contribution >= 4 is 6.08 Å². The van der Waals surface area contributed by atoms with E-state index in [4.69, 9.17) is 5.73 Å². The molecule has 1 aliphatic rings. The minimum Gasteiger partial charge on any atom is -0.386 e. The van der Waals surface area contributed by atoms with Gasteiger partial charge in [-0.1, -0.05) is 49.6 Å². The van der Waals surface area contributed by atoms with E-state index in [9.17, 15) is 10.2 Å². The molecule has 1 fully saturated rings. The normalized spacial score (nSPS) is 21.3. The van der Waals surface area contributed by atoms with Crippen molar-refractivity contribution < 1.29 is 10.2 Å². The molecule has 3 nitrogen and oxygen atoms in total. The summed E-state index contributed by atoms with van der Waals surface area (Å²) in [5.41, 5.74) is 5.87. The van der Waals surface area contributed by atoms with Crippen LogP contribution in [0.3, 0.4) is 0 Å². The molecule has 0 spiro atoms. The number of aliphatic hydroxyl groups is 2. The van der Waals surface area contributed by atoms with Gasteiger partial charge < -0.3 is 15.9 Å². The van der Waals surface area contributed by atoms with Crippen LogP contribution in [0.15, 0.2) is 30.3 Å². The Kier molecular flexibility index (Phi) is 5.20. The molecule has 4 N–H and O–H groups in total. The number of nitrogens with two attached hydrogens (primary N) is 1. The molecule has 0 unspecified atom stereocenters. The Bertz CT molecular complexity index is 488. The number of rotatable bonds is 5. The van der Waals surface area contributed by atoms with E-state index in [0.717, 1.165) is 36.8 Å². The zero-order chi connectivity index (χ0) is 15.3. The van der Waals surface area contributed by atoms with Gasteiger partial charge in [-0.15, -0.1) is 0 Å². The Morgan fingerprint density at radius 2 is 2.00 bits per heavy atom. The van der Waals surface area contributed by atoms with Crippen molar-refractivity contribution in [1.29, 1.82) is 0 Å². The summed E-state index contributed by atoms with van der Waals surface area (Å²) >= 11 is 0. The summed E-state index contributed by atoms with van der Waals surface area (Å²) < 4.78 is 0. The molecule has 0 bridgehead atoms. The third kappa shape index (κ3) is 4.40. The molecule has 1 aromatic rings. The van der Waals surface area contributed by atoms with Crippen molar-refractivity contribution in [1.82, 2.24) is 0 Å². The van der Waals surface area contributed by atoms with Gasteiger partial charge in [0.15, 0.2) is 0 Å². The summed E-state index contributed by atoms with van der Waals surface area (Å²) in [6.07, 6.45) is 9.49. The lowest BCUT2D eigenvalue weighted by Gasteiger charge is -2.29. The van der Waals surface area contributed by atoms with E-state index in [2.05, 4.69) is 0 Å². The third-order valence-corrected chi connectivity index (χ3v) is 4.45. The van der Waals surface area contributed by atoms with Crippen molar-refractivity contribution in [2.75, 3.05) is 6.54 Å². The van der Waals surface area contributed by atoms with Crippen molar-refractivity contribution in [2.45, 2.75) is 56.7 Å². The van der Waals surface area contributed by atoms with Gasteiger partial charge in [0.25, 0.3) is 0 Å². The molecule has 21 heavy (non-hydrogen) atoms. The summed E-state index contributed by atoms with van der Waals surface area (Å²) in [5, 5.41) is 20.9. The van der Waals surface area contributed by atoms with E-state index in [1.165, 1.54) is 6.42 Å². The first-order chi connectivity index (χ1) is 9.95. The zero-order valence-corrected chi connectivity index (χ0v) is 12.9. The lowest BCUT2D eigenvalue weighted by atomic mass is 9.84. The Hall–Kier alpha value is -1.16. The van der Waals surface area contributed by atoms with Crippen LogP contribution in [0.4, 0.5) is 0 Å². The highest BCUT2D eigenvalue weighted by Crippen LogP contribution is 2.30. The Morgan fingerprint density at radius 3 is 2.67 bits per heavy atom. The second kappa shape index (κ2) is 6.73. The van der Waals surface area contributed by atoms with E-state index in [0.29, 0.717) is 13.0 Å². The summed E-state index contributed by atoms with van der Waals surface area (Å²) in [7, 11) is 0. The van der Waals surface area contributed by atoms with Crippen LogP contribution in [0.1, 0.15) is 56.6 Å². The van der Waals surface area contributed by atoms with Gasteiger partial charge in [0.05, 0.1) is 11.2 Å². The molecule has 116 valence electrons. The molecule has 0 heterocycles. The lowest BCUT2D eigenvalue weighted by molar-refractivity contribution is 0.0504. The fourth-order valence-electron chi connectivity index (χ4n) is 2.98. The summed E-state index contributed by atoms with van der Waals surface area (Å²) in [4.78, 5) is 0. The van der Waals surface area contributed by atoms with E-state index < -0.39 is 11.2 Å². The maximum Gasteiger partial charge on any atom is 0.0880 e. The lowest BCUT2D eigenvalue weighted by Crippen LogP contribution is -2.28. The van der Waals surface area contributed by atoms with Gasteiger partial charge in [-0.25, -0.2) is 0 Å². The molecule has 3 heteroatoms. The van der Waals surface area contributed by atoms with Crippen LogP contribution in [-0.4, -0.2) is 22.4 Å². The van der Waals surface area contributed by atoms with Gasteiger partial charge in [-0.05, 0) is 49.9 Å². The average Bonchev–Trinajstić information content (AvgIpc) is 2.46. The van der Waals surface area contributed by atoms with Crippen molar-refractivity contribution in [3.8, 4) is 0 Å². The predicted molar refractivity (Wildman–Crippen MR) is 86.8 cm³/mol. The highest BCUT2D eigenvalue weighted by Gasteiger charge is 2.26. The highest BCUT2D eigenvalue weighted by molar-refractivity contribution is 5.52. The van der Waals surface area contributed by atoms with Crippen molar-refractivity contribution in [2.24, 2.45) is 5.73 Å². The molecular formula is C18H27NO2. The average molecular weight is 289 g/mol. The summed E-state index contributed by atoms with van der Waals surface area (Å²) in [5.74, 6) is 0. The van der Waals surface area contributed by atoms with Crippen LogP contribution in [0.2, 0.25) is 0 Å². The zero-order valence-electron chi connectivity index (χ0n) is 12.9. The van der Waals surface area contributed by atoms with Gasteiger partial charge >= 0.3 is 0 Å². The molecule has 1 atom stereocenters. The molecule has 1 aromatic carbocycles. The quantitative estimate of drug-likeness (QED) is 0.780. The minimum atomic E-state index is -0.902. The first-order valence-corrected chi connectivity index (χ1v) is 7.90. The number of hydrogen-bond donors (Lipinski definition) is 3. The first-order valence-electron chi connectivity index (χ1n) is 7.90. The Labute approximate surface area is 127 Å². The monoisotopic (exact) mass is 289 g/mol. The van der Waals surface area contributed by atoms with Crippen LogP contribution < -0.4 is 5.73 Å². The molecule has 0 amide bonds. The summed E-state index contributed by atoms with van der Waals surface area (Å²) in [6.45, 7) is 2.24. The summed E-state index contributed by atoms with van der Waals surface area (Å²) in [6, 6.07) is 7.82. The van der Waals surface area contributed by atoms with Crippen LogP contribution in [-0.2, 0) is 5.60 Å². The maximum absolute atomic E-state index is 10.5. The second-order valence-electron chi connectivity index (χ2n) is 6.44. The van der Waals surface area contributed by atoms with E-state index in [-0.39, 0.29) is 0 Å². The van der Waals surface area contributed by atoms with Gasteiger partial charge in [0.2, 0.25) is 0 Å². The third-order valence-electron chi connectivity index (χ3n) is 4.45. The molecule has 1 saturated carbocycles. The standard InChI is InChI=1S/C18H27NO2/c1-17(20,12-13-19)16-7-5-6-15(14-16)8-11-18(21)9-3-2-4-10-18/h5-8,11,14,20-21H,2-4,9-10,12-13,19H2,1H3/b11-8+/t17-/m0/s1. The highest BCUT2D eigenvalue weighted by atomic mass is 16.3. The molecule has 0 aromatic heterocycles. The molecule has 0 saturated heterocycles. The van der Waals surface area contributed by atoms with Gasteiger partial charge in [0.1, 0.15) is 0 Å². The van der Waals surface area contributed by atoms with Gasteiger partial charge in [-0.3, -0.25) is 0 Å². The van der Waals surface area contributed by atoms with E-state index in [1.807, 2.05) is 36.4 Å². The Balaban J connectivity index is 2.14. The molecular weight excluding hydrogens is 262 g/mol. The smallest absolute Gasteiger partial charge is 0.0880 e. The van der Waals surface area contributed by atoms with Crippen LogP contribution >= 0.6 is 0 Å². The maximum atomic E-state index is 10.5. The van der Waals surface area contributed by atoms with Crippen molar-refractivity contribution in [3.63, 3.8) is 0 Å². The number of hydrogen-bond acceptors (Lipinski definition) is 3. The first kappa shape index (κ1) is 16.2. The van der Waals surface area contributed by atoms with E-state index in [1.54, 1.807) is 6.92 Å². The minimum absolute atomic E-state index is 0.451. The Morgan fingerprint density at radius 1 is 1.29 bits per heavy atom. The van der Waals surface area contributed by atoms with Crippen LogP contribution in [0, 0.1) is 0 Å². The van der Waals surface area contributed by atoms with Crippen molar-refractivity contribution in [3.05, 3.63) is 41.5 Å². The second-order valence-corrected chi connectivity index (χ2v) is 6.44. The largest absolute Gasteiger partial charge is 0.386 e. The fourth-order valence-corrected chi connectivity index (χ4v) is 2.98. The SMILES string of the molecule is C[C@](O)(CCN)c1cccc(/C=C/C2(O)CCCCC2)c1. The number of benzene rings is 1. The molecule has 0 aliphatic heterocycles. The van der Waals surface area contributed by atoms with Crippen LogP contribution in [0.5, 0.6) is 0 Å². The molecule has 0 radical (unpaired) electrons.